The van der Waals surface area contributed by atoms with Crippen LogP contribution in [0.5, 0.6) is 0 Å². The first-order chi connectivity index (χ1) is 19.1. The van der Waals surface area contributed by atoms with E-state index in [9.17, 15) is 4.79 Å². The molecule has 6 heteroatoms. The maximum absolute atomic E-state index is 10.5. The molecule has 2 aliphatic carbocycles. The third-order valence-corrected chi connectivity index (χ3v) is 10.1. The Bertz CT molecular complexity index is 588. The van der Waals surface area contributed by atoms with Crippen LogP contribution in [0.1, 0.15) is 129 Å². The van der Waals surface area contributed by atoms with Gasteiger partial charge < -0.3 is 25.6 Å². The van der Waals surface area contributed by atoms with E-state index in [4.69, 9.17) is 0 Å². The van der Waals surface area contributed by atoms with Gasteiger partial charge in [0, 0.05) is 31.1 Å². The molecule has 2 heterocycles. The molecule has 3 N–H and O–H groups in total. The minimum atomic E-state index is 0. The number of carbonyl (C=O) groups excluding carboxylic acids is 1. The van der Waals surface area contributed by atoms with Crippen LogP contribution in [0.25, 0.3) is 0 Å². The quantitative estimate of drug-likeness (QED) is 0.224. The first-order valence-corrected chi connectivity index (χ1v) is 17.4. The molecule has 4 fully saturated rings. The minimum Gasteiger partial charge on any atom is -0.317 e. The van der Waals surface area contributed by atoms with Crippen molar-refractivity contribution in [1.29, 1.82) is 0 Å². The van der Waals surface area contributed by atoms with Crippen molar-refractivity contribution in [2.45, 2.75) is 142 Å². The Hall–Kier alpha value is -0.200. The van der Waals surface area contributed by atoms with Crippen molar-refractivity contribution in [2.24, 2.45) is 23.7 Å². The highest BCUT2D eigenvalue weighted by atomic mass is 35.5. The van der Waals surface area contributed by atoms with Gasteiger partial charge in [0.25, 0.3) is 0 Å². The lowest BCUT2D eigenvalue weighted by molar-refractivity contribution is -0.112. The number of carbonyl (C=O) groups is 1. The Balaban J connectivity index is 0.000000324. The molecule has 2 saturated heterocycles. The lowest BCUT2D eigenvalue weighted by atomic mass is 9.83. The molecular formula is C34H69ClN4O. The standard InChI is InChI=1S/C17H34N2.C9H19N.C8H15NO.ClH/c1-3-4-8-15-9-7-12-19(13-15)14-16-10-5-6-11-17(16)18-2;1-2-3-5-9-6-4-7-10-8-9;1-9-8-5-3-2-4-7(8)6-10;/h15-18H,3-14H2,1-2H3;9-10H,2-8H2,1H3;6-9H,2-5H2,1H3;1H/t15?,16-,17-;;7-,8-;/m1.1./s1. The zero-order chi connectivity index (χ0) is 28.1. The number of nitrogens with zero attached hydrogens (tertiary/aromatic N) is 1. The summed E-state index contributed by atoms with van der Waals surface area (Å²) in [6, 6.07) is 1.23. The van der Waals surface area contributed by atoms with Gasteiger partial charge in [-0.25, -0.2) is 0 Å². The summed E-state index contributed by atoms with van der Waals surface area (Å²) in [6.07, 6.45) is 25.8. The van der Waals surface area contributed by atoms with Crippen LogP contribution in [0.2, 0.25) is 0 Å². The first kappa shape index (κ1) is 37.8. The van der Waals surface area contributed by atoms with Crippen molar-refractivity contribution < 1.29 is 4.79 Å². The molecular weight excluding hydrogens is 516 g/mol. The number of likely N-dealkylation sites (tertiary alicyclic amines) is 1. The highest BCUT2D eigenvalue weighted by Gasteiger charge is 2.28. The predicted octanol–water partition coefficient (Wildman–Crippen LogP) is 7.23. The molecule has 40 heavy (non-hydrogen) atoms. The van der Waals surface area contributed by atoms with Crippen molar-refractivity contribution in [1.82, 2.24) is 20.9 Å². The SMILES string of the molecule is CCCCC1CCCN(C[C@H]2CCCC[C@H]2NC)C1.CCCCC1CCCNC1.CN[C@@H]1CCCC[C@@H]1C=O.Cl. The average Bonchev–Trinajstić information content (AvgIpc) is 3.00. The van der Waals surface area contributed by atoms with Gasteiger partial charge in [-0.3, -0.25) is 0 Å². The number of rotatable bonds is 11. The fourth-order valence-electron chi connectivity index (χ4n) is 7.53. The van der Waals surface area contributed by atoms with E-state index in [1.807, 2.05) is 7.05 Å². The molecule has 4 rings (SSSR count). The highest BCUT2D eigenvalue weighted by molar-refractivity contribution is 5.85. The largest absolute Gasteiger partial charge is 0.317 e. The highest BCUT2D eigenvalue weighted by Crippen LogP contribution is 2.28. The number of aldehydes is 1. The van der Waals surface area contributed by atoms with Gasteiger partial charge in [-0.05, 0) is 116 Å². The van der Waals surface area contributed by atoms with Gasteiger partial charge in [0.2, 0.25) is 0 Å². The van der Waals surface area contributed by atoms with Crippen LogP contribution in [0, 0.1) is 23.7 Å². The van der Waals surface area contributed by atoms with Crippen molar-refractivity contribution in [3.63, 3.8) is 0 Å². The molecule has 0 aromatic rings. The zero-order valence-electron chi connectivity index (χ0n) is 27.1. The second-order valence-corrected chi connectivity index (χ2v) is 13.2. The number of hydrogen-bond donors (Lipinski definition) is 3. The first-order valence-electron chi connectivity index (χ1n) is 17.4. The summed E-state index contributed by atoms with van der Waals surface area (Å²) in [5.41, 5.74) is 0. The molecule has 238 valence electrons. The molecule has 5 nitrogen and oxygen atoms in total. The number of piperidine rings is 2. The Morgan fingerprint density at radius 1 is 0.775 bits per heavy atom. The summed E-state index contributed by atoms with van der Waals surface area (Å²) < 4.78 is 0. The van der Waals surface area contributed by atoms with Crippen LogP contribution in [0.4, 0.5) is 0 Å². The molecule has 0 spiro atoms. The smallest absolute Gasteiger partial charge is 0.124 e. The third kappa shape index (κ3) is 15.3. The number of unbranched alkanes of at least 4 members (excludes halogenated alkanes) is 2. The Kier molecular flexibility index (Phi) is 22.9. The van der Waals surface area contributed by atoms with Gasteiger partial charge >= 0.3 is 0 Å². The summed E-state index contributed by atoms with van der Waals surface area (Å²) in [5, 5.41) is 10.2. The van der Waals surface area contributed by atoms with Crippen LogP contribution in [-0.4, -0.2) is 70.1 Å². The van der Waals surface area contributed by atoms with E-state index in [-0.39, 0.29) is 18.3 Å². The maximum atomic E-state index is 10.5. The van der Waals surface area contributed by atoms with Gasteiger partial charge in [0.1, 0.15) is 6.29 Å². The van der Waals surface area contributed by atoms with E-state index >= 15 is 0 Å². The van der Waals surface area contributed by atoms with E-state index < -0.39 is 0 Å². The summed E-state index contributed by atoms with van der Waals surface area (Å²) >= 11 is 0. The second-order valence-electron chi connectivity index (χ2n) is 13.2. The summed E-state index contributed by atoms with van der Waals surface area (Å²) in [5.74, 6) is 3.17. The number of nitrogens with one attached hydrogen (secondary N) is 3. The monoisotopic (exact) mass is 585 g/mol. The Labute approximate surface area is 255 Å². The molecule has 0 aromatic heterocycles. The van der Waals surface area contributed by atoms with Crippen molar-refractivity contribution in [3.8, 4) is 0 Å². The fraction of sp³-hybridized carbons (Fsp3) is 0.971. The lowest BCUT2D eigenvalue weighted by Gasteiger charge is -2.39. The Morgan fingerprint density at radius 2 is 1.40 bits per heavy atom. The second kappa shape index (κ2) is 24.3. The molecule has 2 unspecified atom stereocenters. The van der Waals surface area contributed by atoms with Crippen LogP contribution in [-0.2, 0) is 4.79 Å². The van der Waals surface area contributed by atoms with Crippen molar-refractivity contribution in [2.75, 3.05) is 46.8 Å². The molecule has 2 saturated carbocycles. The molecule has 6 atom stereocenters. The van der Waals surface area contributed by atoms with Gasteiger partial charge in [0.15, 0.2) is 0 Å². The lowest BCUT2D eigenvalue weighted by Crippen LogP contribution is -2.45. The van der Waals surface area contributed by atoms with E-state index in [1.165, 1.54) is 142 Å². The predicted molar refractivity (Wildman–Crippen MR) is 177 cm³/mol. The van der Waals surface area contributed by atoms with E-state index in [0.29, 0.717) is 6.04 Å². The average molecular weight is 585 g/mol. The van der Waals surface area contributed by atoms with Crippen molar-refractivity contribution in [3.05, 3.63) is 0 Å². The van der Waals surface area contributed by atoms with E-state index in [0.717, 1.165) is 36.5 Å². The maximum Gasteiger partial charge on any atom is 0.124 e. The Morgan fingerprint density at radius 3 is 2.00 bits per heavy atom. The molecule has 0 aromatic carbocycles. The molecule has 0 radical (unpaired) electrons. The van der Waals surface area contributed by atoms with Crippen molar-refractivity contribution >= 4 is 18.7 Å². The topological polar surface area (TPSA) is 56.4 Å². The van der Waals surface area contributed by atoms with Crippen LogP contribution in [0.15, 0.2) is 0 Å². The van der Waals surface area contributed by atoms with E-state index in [2.05, 4.69) is 41.7 Å². The van der Waals surface area contributed by atoms with Crippen LogP contribution >= 0.6 is 12.4 Å². The zero-order valence-corrected chi connectivity index (χ0v) is 27.9. The molecule has 0 amide bonds. The van der Waals surface area contributed by atoms with Gasteiger partial charge in [-0.2, -0.15) is 0 Å². The van der Waals surface area contributed by atoms with Crippen LogP contribution < -0.4 is 16.0 Å². The van der Waals surface area contributed by atoms with Crippen LogP contribution in [0.3, 0.4) is 0 Å². The molecule has 4 aliphatic rings. The summed E-state index contributed by atoms with van der Waals surface area (Å²) in [7, 11) is 4.09. The molecule has 2 aliphatic heterocycles. The van der Waals surface area contributed by atoms with Gasteiger partial charge in [-0.15, -0.1) is 12.4 Å². The summed E-state index contributed by atoms with van der Waals surface area (Å²) in [6.45, 7) is 11.2. The normalized spacial score (nSPS) is 31.0. The molecule has 0 bridgehead atoms. The third-order valence-electron chi connectivity index (χ3n) is 10.1. The fourth-order valence-corrected chi connectivity index (χ4v) is 7.53. The number of hydrogen-bond acceptors (Lipinski definition) is 5. The minimum absolute atomic E-state index is 0. The van der Waals surface area contributed by atoms with Gasteiger partial charge in [0.05, 0.1) is 0 Å². The summed E-state index contributed by atoms with van der Waals surface area (Å²) in [4.78, 5) is 13.3. The van der Waals surface area contributed by atoms with Gasteiger partial charge in [-0.1, -0.05) is 65.2 Å². The van der Waals surface area contributed by atoms with E-state index in [1.54, 1.807) is 0 Å². The number of halogens is 1.